The van der Waals surface area contributed by atoms with E-state index in [1.165, 1.54) is 4.67 Å². The standard InChI is InChI=1S/C18H30Cl2N3O4P/c1-22(9-3-13-24)10-4-14-26-18-6-2-5-17(15-18)16-27-28(21,25)23(11-7-19)12-8-20/h2,5-6,15,24H,3-4,7-12,14,16H2,1H3,(H2,21,25). The Morgan fingerprint density at radius 3 is 2.57 bits per heavy atom. The Kier molecular flexibility index (Phi) is 13.4. The topological polar surface area (TPSA) is 88.3 Å². The molecule has 10 heteroatoms. The van der Waals surface area contributed by atoms with E-state index in [2.05, 4.69) is 11.5 Å². The van der Waals surface area contributed by atoms with Gasteiger partial charge in [-0.1, -0.05) is 12.1 Å². The number of halogens is 2. The second-order valence-electron chi connectivity index (χ2n) is 6.23. The van der Waals surface area contributed by atoms with E-state index >= 15 is 0 Å². The molecule has 0 fully saturated rings. The monoisotopic (exact) mass is 453 g/mol. The molecule has 0 amide bonds. The number of aliphatic hydroxyl groups is 1. The second-order valence-corrected chi connectivity index (χ2v) is 8.94. The predicted octanol–water partition coefficient (Wildman–Crippen LogP) is 3.55. The van der Waals surface area contributed by atoms with Crippen molar-refractivity contribution in [2.24, 2.45) is 5.50 Å². The SMILES string of the molecule is CN(CC[C]O)CCCOc1cccc(COP(N)(=O)N(CCCl)CCCl)c1. The predicted molar refractivity (Wildman–Crippen MR) is 113 cm³/mol. The number of aliphatic hydroxyl groups excluding tert-OH is 1. The fraction of sp³-hybridized carbons (Fsp3) is 0.611. The van der Waals surface area contributed by atoms with E-state index in [0.717, 1.165) is 25.1 Å². The molecule has 0 aliphatic heterocycles. The van der Waals surface area contributed by atoms with Crippen LogP contribution in [-0.2, 0) is 15.7 Å². The van der Waals surface area contributed by atoms with E-state index in [-0.39, 0.29) is 18.4 Å². The molecule has 0 aromatic heterocycles. The van der Waals surface area contributed by atoms with Gasteiger partial charge in [-0.25, -0.2) is 10.2 Å². The lowest BCUT2D eigenvalue weighted by Gasteiger charge is -2.26. The van der Waals surface area contributed by atoms with Gasteiger partial charge in [-0.05, 0) is 37.6 Å². The van der Waals surface area contributed by atoms with Crippen molar-refractivity contribution < 1.29 is 18.9 Å². The highest BCUT2D eigenvalue weighted by atomic mass is 35.5. The molecule has 0 saturated heterocycles. The average Bonchev–Trinajstić information content (AvgIpc) is 2.68. The van der Waals surface area contributed by atoms with Gasteiger partial charge in [-0.15, -0.1) is 23.2 Å². The number of nitrogens with zero attached hydrogens (tertiary/aromatic N) is 2. The minimum absolute atomic E-state index is 0.100. The van der Waals surface area contributed by atoms with Crippen molar-refractivity contribution >= 4 is 30.9 Å². The van der Waals surface area contributed by atoms with Gasteiger partial charge < -0.3 is 19.3 Å². The summed E-state index contributed by atoms with van der Waals surface area (Å²) in [7, 11) is -1.48. The maximum absolute atomic E-state index is 12.6. The van der Waals surface area contributed by atoms with Crippen molar-refractivity contribution in [3.63, 3.8) is 0 Å². The Morgan fingerprint density at radius 2 is 1.93 bits per heavy atom. The Morgan fingerprint density at radius 1 is 1.21 bits per heavy atom. The zero-order chi connectivity index (χ0) is 20.8. The van der Waals surface area contributed by atoms with Crippen LogP contribution in [0.5, 0.6) is 5.75 Å². The second kappa shape index (κ2) is 14.6. The molecule has 2 radical (unpaired) electrons. The van der Waals surface area contributed by atoms with Crippen molar-refractivity contribution in [1.82, 2.24) is 9.57 Å². The molecule has 1 atom stereocenters. The van der Waals surface area contributed by atoms with Crippen LogP contribution in [0.15, 0.2) is 24.3 Å². The first-order chi connectivity index (χ1) is 13.4. The largest absolute Gasteiger partial charge is 0.494 e. The third kappa shape index (κ3) is 10.4. The van der Waals surface area contributed by atoms with Gasteiger partial charge >= 0.3 is 7.67 Å². The van der Waals surface area contributed by atoms with Crippen molar-refractivity contribution in [1.29, 1.82) is 0 Å². The summed E-state index contributed by atoms with van der Waals surface area (Å²) in [6, 6.07) is 7.41. The van der Waals surface area contributed by atoms with Crippen molar-refractivity contribution in [2.45, 2.75) is 19.4 Å². The van der Waals surface area contributed by atoms with Gasteiger partial charge in [0.05, 0.1) is 13.2 Å². The molecule has 0 aliphatic carbocycles. The first kappa shape index (κ1) is 25.7. The van der Waals surface area contributed by atoms with Gasteiger partial charge in [-0.3, -0.25) is 4.57 Å². The lowest BCUT2D eigenvalue weighted by molar-refractivity contribution is 0.249. The number of benzene rings is 1. The summed E-state index contributed by atoms with van der Waals surface area (Å²) in [6.07, 6.45) is 1.38. The van der Waals surface area contributed by atoms with Crippen LogP contribution in [0.25, 0.3) is 0 Å². The Balaban J connectivity index is 2.46. The molecule has 1 unspecified atom stereocenters. The molecule has 7 nitrogen and oxygen atoms in total. The van der Waals surface area contributed by atoms with E-state index in [4.69, 9.17) is 43.1 Å². The van der Waals surface area contributed by atoms with Crippen LogP contribution in [0.1, 0.15) is 18.4 Å². The third-order valence-corrected chi connectivity index (χ3v) is 5.98. The molecule has 3 N–H and O–H groups in total. The highest BCUT2D eigenvalue weighted by Gasteiger charge is 2.26. The Hall–Kier alpha value is -0.370. The van der Waals surface area contributed by atoms with Crippen molar-refractivity contribution in [3.05, 3.63) is 36.4 Å². The van der Waals surface area contributed by atoms with Crippen LogP contribution in [0.3, 0.4) is 0 Å². The summed E-state index contributed by atoms with van der Waals surface area (Å²) in [4.78, 5) is 2.10. The van der Waals surface area contributed by atoms with Crippen molar-refractivity contribution in [2.75, 3.05) is 51.6 Å². The molecular weight excluding hydrogens is 424 g/mol. The molecule has 0 spiro atoms. The van der Waals surface area contributed by atoms with Crippen LogP contribution in [0.4, 0.5) is 0 Å². The van der Waals surface area contributed by atoms with Gasteiger partial charge in [0, 0.05) is 37.9 Å². The quantitative estimate of drug-likeness (QED) is 0.224. The number of rotatable bonds is 16. The van der Waals surface area contributed by atoms with Gasteiger partial charge in [0.2, 0.25) is 0 Å². The molecule has 28 heavy (non-hydrogen) atoms. The first-order valence-corrected chi connectivity index (χ1v) is 11.8. The average molecular weight is 454 g/mol. The molecule has 0 aliphatic rings. The molecule has 0 bridgehead atoms. The van der Waals surface area contributed by atoms with Crippen molar-refractivity contribution in [3.8, 4) is 5.75 Å². The lowest BCUT2D eigenvalue weighted by Crippen LogP contribution is -2.29. The van der Waals surface area contributed by atoms with Gasteiger partial charge in [0.1, 0.15) is 12.4 Å². The fourth-order valence-electron chi connectivity index (χ4n) is 2.44. The molecule has 160 valence electrons. The first-order valence-electron chi connectivity index (χ1n) is 9.10. The van der Waals surface area contributed by atoms with Crippen LogP contribution in [0.2, 0.25) is 0 Å². The van der Waals surface area contributed by atoms with E-state index < -0.39 is 7.67 Å². The third-order valence-electron chi connectivity index (χ3n) is 3.95. The summed E-state index contributed by atoms with van der Waals surface area (Å²) in [5.74, 6) is 1.29. The van der Waals surface area contributed by atoms with Crippen LogP contribution in [-0.4, -0.2) is 66.3 Å². The summed E-state index contributed by atoms with van der Waals surface area (Å²) >= 11 is 11.5. The molecular formula is C18H30Cl2N3O4P. The molecule has 1 aromatic carbocycles. The fourth-order valence-corrected chi connectivity index (χ4v) is 4.34. The summed E-state index contributed by atoms with van der Waals surface area (Å²) < 4.78 is 25.3. The number of alkyl halides is 2. The Bertz CT molecular complexity index is 592. The summed E-state index contributed by atoms with van der Waals surface area (Å²) in [6.45, 7) is 5.10. The van der Waals surface area contributed by atoms with E-state index in [0.29, 0.717) is 31.9 Å². The van der Waals surface area contributed by atoms with Crippen LogP contribution < -0.4 is 10.2 Å². The minimum Gasteiger partial charge on any atom is -0.494 e. The number of hydrogen-bond acceptors (Lipinski definition) is 5. The van der Waals surface area contributed by atoms with E-state index in [1.54, 1.807) is 0 Å². The van der Waals surface area contributed by atoms with Gasteiger partial charge in [0.25, 0.3) is 0 Å². The zero-order valence-electron chi connectivity index (χ0n) is 16.2. The highest BCUT2D eigenvalue weighted by Crippen LogP contribution is 2.43. The van der Waals surface area contributed by atoms with E-state index in [1.807, 2.05) is 31.3 Å². The molecule has 1 rings (SSSR count). The molecule has 1 aromatic rings. The van der Waals surface area contributed by atoms with Crippen LogP contribution >= 0.6 is 30.9 Å². The molecule has 0 saturated carbocycles. The smallest absolute Gasteiger partial charge is 0.341 e. The maximum atomic E-state index is 12.6. The number of ether oxygens (including phenoxy) is 1. The van der Waals surface area contributed by atoms with Gasteiger partial charge in [0.15, 0.2) is 0 Å². The minimum atomic E-state index is -3.47. The van der Waals surface area contributed by atoms with Gasteiger partial charge in [-0.2, -0.15) is 0 Å². The van der Waals surface area contributed by atoms with Crippen LogP contribution in [0, 0.1) is 6.61 Å². The number of hydrogen-bond donors (Lipinski definition) is 2. The lowest BCUT2D eigenvalue weighted by atomic mass is 10.2. The van der Waals surface area contributed by atoms with E-state index in [9.17, 15) is 4.57 Å². The summed E-state index contributed by atoms with van der Waals surface area (Å²) in [5.41, 5.74) is 6.68. The summed E-state index contributed by atoms with van der Waals surface area (Å²) in [5, 5.41) is 8.59. The number of nitrogens with two attached hydrogens (primary N) is 1. The maximum Gasteiger partial charge on any atom is 0.341 e. The Labute approximate surface area is 178 Å². The highest BCUT2D eigenvalue weighted by molar-refractivity contribution is 7.53. The molecule has 0 heterocycles. The zero-order valence-corrected chi connectivity index (χ0v) is 18.6. The normalized spacial score (nSPS) is 13.8.